The molecule has 0 amide bonds. The molecule has 84 valence electrons. The van der Waals surface area contributed by atoms with E-state index in [0.29, 0.717) is 6.54 Å². The van der Waals surface area contributed by atoms with Crippen molar-refractivity contribution >= 4 is 0 Å². The van der Waals surface area contributed by atoms with Crippen LogP contribution in [0, 0.1) is 0 Å². The quantitative estimate of drug-likeness (QED) is 0.818. The number of hydrogen-bond acceptors (Lipinski definition) is 2. The van der Waals surface area contributed by atoms with Crippen molar-refractivity contribution in [2.75, 3.05) is 13.1 Å². The molecule has 0 aliphatic heterocycles. The maximum Gasteiger partial charge on any atom is 0.0239 e. The van der Waals surface area contributed by atoms with Crippen LogP contribution in [0.2, 0.25) is 0 Å². The normalized spacial score (nSPS) is 12.1. The zero-order valence-corrected chi connectivity index (χ0v) is 10.0. The van der Waals surface area contributed by atoms with Crippen molar-refractivity contribution in [3.8, 4) is 0 Å². The minimum atomic E-state index is 0.176. The van der Waals surface area contributed by atoms with Crippen LogP contribution in [0.5, 0.6) is 0 Å². The molecule has 0 aliphatic carbocycles. The summed E-state index contributed by atoms with van der Waals surface area (Å²) in [6.07, 6.45) is 0. The number of rotatable bonds is 4. The molecule has 1 aromatic rings. The van der Waals surface area contributed by atoms with Gasteiger partial charge in [0, 0.05) is 25.2 Å². The zero-order chi connectivity index (χ0) is 11.3. The van der Waals surface area contributed by atoms with E-state index in [1.165, 1.54) is 5.56 Å². The highest BCUT2D eigenvalue weighted by molar-refractivity contribution is 5.14. The van der Waals surface area contributed by atoms with Gasteiger partial charge in [0.05, 0.1) is 0 Å². The summed E-state index contributed by atoms with van der Waals surface area (Å²) in [5.74, 6) is 0. The van der Waals surface area contributed by atoms with E-state index in [1.807, 2.05) is 6.07 Å². The third kappa shape index (κ3) is 4.02. The predicted octanol–water partition coefficient (Wildman–Crippen LogP) is 2.25. The molecule has 2 heteroatoms. The van der Waals surface area contributed by atoms with Gasteiger partial charge in [0.1, 0.15) is 0 Å². The van der Waals surface area contributed by atoms with E-state index in [-0.39, 0.29) is 5.54 Å². The molecular weight excluding hydrogens is 184 g/mol. The summed E-state index contributed by atoms with van der Waals surface area (Å²) in [5.41, 5.74) is 7.16. The Morgan fingerprint density at radius 2 is 1.73 bits per heavy atom. The van der Waals surface area contributed by atoms with Gasteiger partial charge in [-0.2, -0.15) is 0 Å². The largest absolute Gasteiger partial charge is 0.329 e. The van der Waals surface area contributed by atoms with E-state index in [0.717, 1.165) is 13.1 Å². The lowest BCUT2D eigenvalue weighted by Gasteiger charge is -2.35. The van der Waals surface area contributed by atoms with Gasteiger partial charge in [0.25, 0.3) is 0 Å². The highest BCUT2D eigenvalue weighted by atomic mass is 15.2. The minimum Gasteiger partial charge on any atom is -0.329 e. The summed E-state index contributed by atoms with van der Waals surface area (Å²) >= 11 is 0. The Morgan fingerprint density at radius 3 is 2.20 bits per heavy atom. The lowest BCUT2D eigenvalue weighted by molar-refractivity contribution is 0.132. The highest BCUT2D eigenvalue weighted by Gasteiger charge is 2.20. The van der Waals surface area contributed by atoms with Crippen LogP contribution < -0.4 is 5.73 Å². The topological polar surface area (TPSA) is 29.3 Å². The molecule has 0 radical (unpaired) electrons. The smallest absolute Gasteiger partial charge is 0.0239 e. The first kappa shape index (κ1) is 12.2. The molecule has 0 aromatic heterocycles. The van der Waals surface area contributed by atoms with Gasteiger partial charge in [0.2, 0.25) is 0 Å². The summed E-state index contributed by atoms with van der Waals surface area (Å²) < 4.78 is 0. The standard InChI is InChI=1S/C13H22N2/c1-13(2,3)15(10-9-14)11-12-7-5-4-6-8-12/h4-8H,9-11,14H2,1-3H3. The Morgan fingerprint density at radius 1 is 1.13 bits per heavy atom. The monoisotopic (exact) mass is 206 g/mol. The first-order valence-corrected chi connectivity index (χ1v) is 5.53. The second kappa shape index (κ2) is 5.29. The molecule has 1 aromatic carbocycles. The number of benzene rings is 1. The van der Waals surface area contributed by atoms with E-state index in [4.69, 9.17) is 5.73 Å². The Bertz CT molecular complexity index is 274. The molecule has 0 heterocycles. The molecule has 0 fully saturated rings. The number of hydrogen-bond donors (Lipinski definition) is 1. The molecule has 0 saturated heterocycles. The second-order valence-corrected chi connectivity index (χ2v) is 4.87. The van der Waals surface area contributed by atoms with Gasteiger partial charge in [-0.1, -0.05) is 30.3 Å². The van der Waals surface area contributed by atoms with Crippen molar-refractivity contribution in [2.24, 2.45) is 5.73 Å². The Balaban J connectivity index is 2.67. The third-order valence-corrected chi connectivity index (χ3v) is 2.56. The third-order valence-electron chi connectivity index (χ3n) is 2.56. The molecular formula is C13H22N2. The van der Waals surface area contributed by atoms with Gasteiger partial charge in [-0.3, -0.25) is 4.90 Å². The molecule has 15 heavy (non-hydrogen) atoms. The van der Waals surface area contributed by atoms with Gasteiger partial charge in [-0.05, 0) is 26.3 Å². The fraction of sp³-hybridized carbons (Fsp3) is 0.538. The Hall–Kier alpha value is -0.860. The van der Waals surface area contributed by atoms with E-state index in [9.17, 15) is 0 Å². The highest BCUT2D eigenvalue weighted by Crippen LogP contribution is 2.16. The molecule has 0 unspecified atom stereocenters. The van der Waals surface area contributed by atoms with Gasteiger partial charge in [-0.15, -0.1) is 0 Å². The van der Waals surface area contributed by atoms with E-state index < -0.39 is 0 Å². The Kier molecular flexibility index (Phi) is 4.30. The molecule has 0 aliphatic rings. The Labute approximate surface area is 93.1 Å². The fourth-order valence-corrected chi connectivity index (χ4v) is 1.61. The number of nitrogens with two attached hydrogens (primary N) is 1. The first-order valence-electron chi connectivity index (χ1n) is 5.53. The van der Waals surface area contributed by atoms with Gasteiger partial charge in [0.15, 0.2) is 0 Å². The summed E-state index contributed by atoms with van der Waals surface area (Å²) in [7, 11) is 0. The summed E-state index contributed by atoms with van der Waals surface area (Å²) in [5, 5.41) is 0. The van der Waals surface area contributed by atoms with Gasteiger partial charge >= 0.3 is 0 Å². The van der Waals surface area contributed by atoms with Crippen molar-refractivity contribution in [3.63, 3.8) is 0 Å². The van der Waals surface area contributed by atoms with Crippen LogP contribution in [0.25, 0.3) is 0 Å². The lowest BCUT2D eigenvalue weighted by Crippen LogP contribution is -2.43. The average molecular weight is 206 g/mol. The van der Waals surface area contributed by atoms with Crippen LogP contribution in [0.4, 0.5) is 0 Å². The molecule has 2 N–H and O–H groups in total. The van der Waals surface area contributed by atoms with Crippen molar-refractivity contribution in [1.29, 1.82) is 0 Å². The van der Waals surface area contributed by atoms with Crippen LogP contribution in [0.1, 0.15) is 26.3 Å². The van der Waals surface area contributed by atoms with Gasteiger partial charge < -0.3 is 5.73 Å². The van der Waals surface area contributed by atoms with Crippen molar-refractivity contribution in [1.82, 2.24) is 4.90 Å². The van der Waals surface area contributed by atoms with Crippen LogP contribution in [0.15, 0.2) is 30.3 Å². The zero-order valence-electron chi connectivity index (χ0n) is 10.0. The number of nitrogens with zero attached hydrogens (tertiary/aromatic N) is 1. The molecule has 0 saturated carbocycles. The van der Waals surface area contributed by atoms with E-state index >= 15 is 0 Å². The van der Waals surface area contributed by atoms with E-state index in [1.54, 1.807) is 0 Å². The maximum atomic E-state index is 5.64. The predicted molar refractivity (Wildman–Crippen MR) is 65.7 cm³/mol. The molecule has 2 nitrogen and oxygen atoms in total. The van der Waals surface area contributed by atoms with Gasteiger partial charge in [-0.25, -0.2) is 0 Å². The summed E-state index contributed by atoms with van der Waals surface area (Å²) in [4.78, 5) is 2.41. The molecule has 1 rings (SSSR count). The fourth-order valence-electron chi connectivity index (χ4n) is 1.61. The maximum absolute atomic E-state index is 5.64. The van der Waals surface area contributed by atoms with Crippen LogP contribution in [-0.4, -0.2) is 23.5 Å². The molecule has 0 atom stereocenters. The first-order chi connectivity index (χ1) is 7.04. The van der Waals surface area contributed by atoms with Crippen molar-refractivity contribution < 1.29 is 0 Å². The lowest BCUT2D eigenvalue weighted by atomic mass is 10.0. The second-order valence-electron chi connectivity index (χ2n) is 4.87. The average Bonchev–Trinajstić information content (AvgIpc) is 2.17. The summed E-state index contributed by atoms with van der Waals surface area (Å²) in [6.45, 7) is 9.31. The van der Waals surface area contributed by atoms with Crippen molar-refractivity contribution in [2.45, 2.75) is 32.9 Å². The summed E-state index contributed by atoms with van der Waals surface area (Å²) in [6, 6.07) is 10.5. The van der Waals surface area contributed by atoms with Crippen LogP contribution >= 0.6 is 0 Å². The van der Waals surface area contributed by atoms with Crippen LogP contribution in [0.3, 0.4) is 0 Å². The minimum absolute atomic E-state index is 0.176. The SMILES string of the molecule is CC(C)(C)N(CCN)Cc1ccccc1. The molecule has 0 spiro atoms. The van der Waals surface area contributed by atoms with Crippen LogP contribution in [-0.2, 0) is 6.54 Å². The van der Waals surface area contributed by atoms with E-state index in [2.05, 4.69) is 49.9 Å². The van der Waals surface area contributed by atoms with Crippen molar-refractivity contribution in [3.05, 3.63) is 35.9 Å². The molecule has 0 bridgehead atoms.